The zero-order valence-electron chi connectivity index (χ0n) is 9.77. The van der Waals surface area contributed by atoms with Crippen LogP contribution in [0.15, 0.2) is 28.7 Å². The Morgan fingerprint density at radius 2 is 2.22 bits per heavy atom. The molecule has 1 amide bonds. The fraction of sp³-hybridized carbons (Fsp3) is 0.308. The van der Waals surface area contributed by atoms with Gasteiger partial charge in [-0.2, -0.15) is 0 Å². The lowest BCUT2D eigenvalue weighted by atomic mass is 10.2. The number of aliphatic hydroxyl groups excluding tert-OH is 1. The van der Waals surface area contributed by atoms with Crippen LogP contribution < -0.4 is 11.1 Å². The Hall–Kier alpha value is -2.01. The molecule has 18 heavy (non-hydrogen) atoms. The minimum absolute atomic E-state index is 0.0358. The second-order valence-electron chi connectivity index (χ2n) is 4.80. The van der Waals surface area contributed by atoms with Gasteiger partial charge in [0, 0.05) is 11.1 Å². The zero-order chi connectivity index (χ0) is 12.8. The smallest absolute Gasteiger partial charge is 0.287 e. The first-order valence-corrected chi connectivity index (χ1v) is 5.84. The number of furan rings is 1. The number of fused-ring (bicyclic) bond motifs is 1. The van der Waals surface area contributed by atoms with Crippen LogP contribution in [0.3, 0.4) is 0 Å². The van der Waals surface area contributed by atoms with Gasteiger partial charge in [0.15, 0.2) is 5.76 Å². The van der Waals surface area contributed by atoms with Crippen molar-refractivity contribution in [2.75, 3.05) is 12.3 Å². The molecule has 94 valence electrons. The molecule has 1 heterocycles. The van der Waals surface area contributed by atoms with Crippen LogP contribution in [0.4, 0.5) is 5.69 Å². The molecule has 0 aliphatic heterocycles. The molecule has 1 fully saturated rings. The molecule has 1 aliphatic rings. The first-order valence-electron chi connectivity index (χ1n) is 5.84. The van der Waals surface area contributed by atoms with Crippen molar-refractivity contribution in [2.24, 2.45) is 0 Å². The molecule has 0 atom stereocenters. The van der Waals surface area contributed by atoms with Gasteiger partial charge in [-0.3, -0.25) is 4.79 Å². The number of aliphatic hydroxyl groups is 1. The van der Waals surface area contributed by atoms with E-state index in [0.29, 0.717) is 11.3 Å². The SMILES string of the molecule is Nc1ccc2oc(C(=O)NC3(CO)CC3)cc2c1. The molecule has 0 radical (unpaired) electrons. The summed E-state index contributed by atoms with van der Waals surface area (Å²) in [6.07, 6.45) is 1.62. The fourth-order valence-corrected chi connectivity index (χ4v) is 1.95. The number of carbonyl (C=O) groups excluding carboxylic acids is 1. The summed E-state index contributed by atoms with van der Waals surface area (Å²) < 4.78 is 5.45. The number of nitrogen functional groups attached to an aromatic ring is 1. The first kappa shape index (κ1) is 11.1. The van der Waals surface area contributed by atoms with E-state index < -0.39 is 5.54 Å². The van der Waals surface area contributed by atoms with E-state index in [4.69, 9.17) is 15.3 Å². The van der Waals surface area contributed by atoms with Gasteiger partial charge in [0.1, 0.15) is 5.58 Å². The van der Waals surface area contributed by atoms with Crippen LogP contribution in [0.25, 0.3) is 11.0 Å². The highest BCUT2D eigenvalue weighted by atomic mass is 16.3. The molecule has 4 N–H and O–H groups in total. The normalized spacial score (nSPS) is 16.7. The lowest BCUT2D eigenvalue weighted by Gasteiger charge is -2.12. The van der Waals surface area contributed by atoms with Crippen molar-refractivity contribution < 1.29 is 14.3 Å². The van der Waals surface area contributed by atoms with Crippen LogP contribution in [-0.4, -0.2) is 23.2 Å². The average molecular weight is 246 g/mol. The lowest BCUT2D eigenvalue weighted by molar-refractivity contribution is 0.0881. The van der Waals surface area contributed by atoms with E-state index in [-0.39, 0.29) is 18.3 Å². The minimum atomic E-state index is -0.435. The van der Waals surface area contributed by atoms with E-state index >= 15 is 0 Å². The number of rotatable bonds is 3. The Bertz CT molecular complexity index is 614. The maximum atomic E-state index is 12.0. The van der Waals surface area contributed by atoms with Crippen LogP contribution in [0.1, 0.15) is 23.4 Å². The van der Waals surface area contributed by atoms with E-state index in [1.54, 1.807) is 24.3 Å². The minimum Gasteiger partial charge on any atom is -0.451 e. The molecule has 0 saturated heterocycles. The number of hydrogen-bond donors (Lipinski definition) is 3. The highest BCUT2D eigenvalue weighted by Gasteiger charge is 2.43. The predicted molar refractivity (Wildman–Crippen MR) is 67.1 cm³/mol. The maximum Gasteiger partial charge on any atom is 0.287 e. The Balaban J connectivity index is 1.87. The summed E-state index contributed by atoms with van der Waals surface area (Å²) in [5.41, 5.74) is 6.49. The second-order valence-corrected chi connectivity index (χ2v) is 4.80. The third kappa shape index (κ3) is 1.82. The standard InChI is InChI=1S/C13H14N2O3/c14-9-1-2-10-8(5-9)6-11(18-10)12(17)15-13(7-16)3-4-13/h1-2,5-6,16H,3-4,7,14H2,(H,15,17). The van der Waals surface area contributed by atoms with E-state index in [1.807, 2.05) is 0 Å². The fourth-order valence-electron chi connectivity index (χ4n) is 1.95. The van der Waals surface area contributed by atoms with Crippen LogP contribution in [0.2, 0.25) is 0 Å². The van der Waals surface area contributed by atoms with E-state index in [9.17, 15) is 4.79 Å². The van der Waals surface area contributed by atoms with Gasteiger partial charge in [0.25, 0.3) is 5.91 Å². The van der Waals surface area contributed by atoms with Crippen molar-refractivity contribution in [2.45, 2.75) is 18.4 Å². The van der Waals surface area contributed by atoms with E-state index in [2.05, 4.69) is 5.32 Å². The Morgan fingerprint density at radius 1 is 1.44 bits per heavy atom. The molecule has 1 saturated carbocycles. The molecule has 0 bridgehead atoms. The summed E-state index contributed by atoms with van der Waals surface area (Å²) in [4.78, 5) is 12.0. The number of hydrogen-bond acceptors (Lipinski definition) is 4. The third-order valence-electron chi connectivity index (χ3n) is 3.30. The highest BCUT2D eigenvalue weighted by molar-refractivity contribution is 5.97. The summed E-state index contributed by atoms with van der Waals surface area (Å²) in [6, 6.07) is 6.88. The molecule has 3 rings (SSSR count). The molecule has 1 aromatic carbocycles. The van der Waals surface area contributed by atoms with Gasteiger partial charge in [-0.15, -0.1) is 0 Å². The maximum absolute atomic E-state index is 12.0. The average Bonchev–Trinajstić information content (AvgIpc) is 2.99. The quantitative estimate of drug-likeness (QED) is 0.711. The molecule has 0 spiro atoms. The van der Waals surface area contributed by atoms with Crippen LogP contribution in [0.5, 0.6) is 0 Å². The third-order valence-corrected chi connectivity index (χ3v) is 3.30. The molecule has 5 nitrogen and oxygen atoms in total. The highest BCUT2D eigenvalue weighted by Crippen LogP contribution is 2.35. The van der Waals surface area contributed by atoms with Crippen LogP contribution in [-0.2, 0) is 0 Å². The van der Waals surface area contributed by atoms with E-state index in [0.717, 1.165) is 18.2 Å². The van der Waals surface area contributed by atoms with Gasteiger partial charge < -0.3 is 20.6 Å². The predicted octanol–water partition coefficient (Wildman–Crippen LogP) is 1.27. The molecule has 1 aromatic heterocycles. The van der Waals surface area contributed by atoms with Gasteiger partial charge >= 0.3 is 0 Å². The zero-order valence-corrected chi connectivity index (χ0v) is 9.77. The summed E-state index contributed by atoms with van der Waals surface area (Å²) in [5.74, 6) is -0.0494. The van der Waals surface area contributed by atoms with Crippen molar-refractivity contribution in [3.63, 3.8) is 0 Å². The molecule has 5 heteroatoms. The first-order chi connectivity index (χ1) is 8.62. The van der Waals surface area contributed by atoms with Crippen LogP contribution >= 0.6 is 0 Å². The number of carbonyl (C=O) groups is 1. The van der Waals surface area contributed by atoms with Gasteiger partial charge in [-0.1, -0.05) is 0 Å². The number of nitrogens with two attached hydrogens (primary N) is 1. The summed E-state index contributed by atoms with van der Waals surface area (Å²) in [7, 11) is 0. The largest absolute Gasteiger partial charge is 0.451 e. The molecular formula is C13H14N2O3. The van der Waals surface area contributed by atoms with Gasteiger partial charge in [-0.25, -0.2) is 0 Å². The number of benzene rings is 1. The summed E-state index contributed by atoms with van der Waals surface area (Å²) in [6.45, 7) is -0.0358. The van der Waals surface area contributed by atoms with Gasteiger partial charge in [0.05, 0.1) is 12.1 Å². The van der Waals surface area contributed by atoms with Gasteiger partial charge in [-0.05, 0) is 37.1 Å². The van der Waals surface area contributed by atoms with Crippen molar-refractivity contribution in [3.8, 4) is 0 Å². The Kier molecular flexibility index (Phi) is 2.31. The Labute approximate surface area is 104 Å². The second kappa shape index (κ2) is 3.74. The molecular weight excluding hydrogens is 232 g/mol. The van der Waals surface area contributed by atoms with Crippen LogP contribution in [0, 0.1) is 0 Å². The summed E-state index contributed by atoms with van der Waals surface area (Å²) >= 11 is 0. The number of anilines is 1. The van der Waals surface area contributed by atoms with Crippen molar-refractivity contribution in [3.05, 3.63) is 30.0 Å². The topological polar surface area (TPSA) is 88.5 Å². The van der Waals surface area contributed by atoms with Crippen molar-refractivity contribution in [1.29, 1.82) is 0 Å². The lowest BCUT2D eigenvalue weighted by Crippen LogP contribution is -2.39. The monoisotopic (exact) mass is 246 g/mol. The van der Waals surface area contributed by atoms with Crippen molar-refractivity contribution >= 4 is 22.6 Å². The Morgan fingerprint density at radius 3 is 2.89 bits per heavy atom. The van der Waals surface area contributed by atoms with Gasteiger partial charge in [0.2, 0.25) is 0 Å². The molecule has 2 aromatic rings. The van der Waals surface area contributed by atoms with Crippen molar-refractivity contribution in [1.82, 2.24) is 5.32 Å². The number of amides is 1. The summed E-state index contributed by atoms with van der Waals surface area (Å²) in [5, 5.41) is 12.8. The molecule has 1 aliphatic carbocycles. The van der Waals surface area contributed by atoms with E-state index in [1.165, 1.54) is 0 Å². The molecule has 0 unspecified atom stereocenters. The number of nitrogens with one attached hydrogen (secondary N) is 1.